The van der Waals surface area contributed by atoms with Gasteiger partial charge in [0.2, 0.25) is 5.91 Å². The van der Waals surface area contributed by atoms with E-state index in [-0.39, 0.29) is 11.3 Å². The molecule has 2 N–H and O–H groups in total. The number of rotatable bonds is 4. The quantitative estimate of drug-likeness (QED) is 0.873. The van der Waals surface area contributed by atoms with Crippen molar-refractivity contribution in [2.45, 2.75) is 40.0 Å². The minimum absolute atomic E-state index is 0.174. The van der Waals surface area contributed by atoms with Gasteiger partial charge in [-0.3, -0.25) is 4.79 Å². The number of amides is 1. The molecule has 1 atom stereocenters. The van der Waals surface area contributed by atoms with Crippen LogP contribution in [0.25, 0.3) is 0 Å². The third-order valence-electron chi connectivity index (χ3n) is 4.10. The van der Waals surface area contributed by atoms with E-state index >= 15 is 0 Å². The third kappa shape index (κ3) is 2.98. The molecular weight excluding hydrogens is 236 g/mol. The Morgan fingerprint density at radius 2 is 2.21 bits per heavy atom. The van der Waals surface area contributed by atoms with Crippen LogP contribution in [-0.2, 0) is 4.79 Å². The molecule has 1 saturated heterocycles. The van der Waals surface area contributed by atoms with E-state index < -0.39 is 0 Å². The zero-order chi connectivity index (χ0) is 13.9. The normalized spacial score (nSPS) is 22.5. The van der Waals surface area contributed by atoms with Crippen molar-refractivity contribution < 1.29 is 4.79 Å². The highest BCUT2D eigenvalue weighted by Crippen LogP contribution is 2.33. The Kier molecular flexibility index (Phi) is 4.25. The molecule has 3 nitrogen and oxygen atoms in total. The lowest BCUT2D eigenvalue weighted by atomic mass is 9.81. The molecule has 1 aromatic carbocycles. The van der Waals surface area contributed by atoms with Gasteiger partial charge in [-0.2, -0.15) is 0 Å². The highest BCUT2D eigenvalue weighted by molar-refractivity contribution is 5.96. The molecule has 0 aromatic heterocycles. The Hall–Kier alpha value is -1.35. The average molecular weight is 260 g/mol. The lowest BCUT2D eigenvalue weighted by Crippen LogP contribution is -2.38. The summed E-state index contributed by atoms with van der Waals surface area (Å²) >= 11 is 0. The summed E-state index contributed by atoms with van der Waals surface area (Å²) < 4.78 is 0. The molecule has 19 heavy (non-hydrogen) atoms. The molecule has 0 saturated carbocycles. The Labute approximate surface area is 115 Å². The molecule has 1 heterocycles. The summed E-state index contributed by atoms with van der Waals surface area (Å²) in [5.41, 5.74) is 3.03. The molecule has 3 heteroatoms. The van der Waals surface area contributed by atoms with Crippen LogP contribution in [0.5, 0.6) is 0 Å². The van der Waals surface area contributed by atoms with Crippen LogP contribution in [0.15, 0.2) is 18.2 Å². The maximum Gasteiger partial charge on any atom is 0.231 e. The van der Waals surface area contributed by atoms with Crippen molar-refractivity contribution in [3.8, 4) is 0 Å². The van der Waals surface area contributed by atoms with E-state index in [0.29, 0.717) is 0 Å². The third-order valence-corrected chi connectivity index (χ3v) is 4.10. The van der Waals surface area contributed by atoms with Crippen LogP contribution >= 0.6 is 0 Å². The largest absolute Gasteiger partial charge is 0.325 e. The number of nitrogens with one attached hydrogen (secondary N) is 2. The smallest absolute Gasteiger partial charge is 0.231 e. The molecule has 1 fully saturated rings. The lowest BCUT2D eigenvalue weighted by molar-refractivity contribution is -0.125. The van der Waals surface area contributed by atoms with Crippen LogP contribution in [0.3, 0.4) is 0 Å². The average Bonchev–Trinajstić information content (AvgIpc) is 2.84. The molecule has 104 valence electrons. The SMILES string of the molecule is CCCC1(C(=O)Nc2cc(C)ccc2C)CCNC1. The molecule has 1 unspecified atom stereocenters. The predicted molar refractivity (Wildman–Crippen MR) is 79.4 cm³/mol. The molecule has 0 bridgehead atoms. The van der Waals surface area contributed by atoms with Crippen LogP contribution in [0.1, 0.15) is 37.3 Å². The zero-order valence-electron chi connectivity index (χ0n) is 12.2. The first-order valence-corrected chi connectivity index (χ1v) is 7.17. The monoisotopic (exact) mass is 260 g/mol. The van der Waals surface area contributed by atoms with Crippen molar-refractivity contribution in [2.75, 3.05) is 18.4 Å². The predicted octanol–water partition coefficient (Wildman–Crippen LogP) is 3.02. The topological polar surface area (TPSA) is 41.1 Å². The molecule has 0 aliphatic carbocycles. The molecule has 1 aliphatic heterocycles. The Morgan fingerprint density at radius 3 is 2.84 bits per heavy atom. The van der Waals surface area contributed by atoms with Crippen molar-refractivity contribution in [3.05, 3.63) is 29.3 Å². The Bertz CT molecular complexity index is 462. The van der Waals surface area contributed by atoms with E-state index in [1.54, 1.807) is 0 Å². The highest BCUT2D eigenvalue weighted by Gasteiger charge is 2.40. The van der Waals surface area contributed by atoms with E-state index in [0.717, 1.165) is 43.6 Å². The van der Waals surface area contributed by atoms with Gasteiger partial charge in [0.05, 0.1) is 5.41 Å². The minimum Gasteiger partial charge on any atom is -0.325 e. The summed E-state index contributed by atoms with van der Waals surface area (Å²) in [5.74, 6) is 0.174. The molecule has 0 spiro atoms. The summed E-state index contributed by atoms with van der Waals surface area (Å²) in [6.45, 7) is 7.98. The van der Waals surface area contributed by atoms with Crippen molar-refractivity contribution in [2.24, 2.45) is 5.41 Å². The molecular formula is C16H24N2O. The van der Waals surface area contributed by atoms with Crippen LogP contribution in [0, 0.1) is 19.3 Å². The van der Waals surface area contributed by atoms with Gasteiger partial charge >= 0.3 is 0 Å². The number of carbonyl (C=O) groups is 1. The van der Waals surface area contributed by atoms with E-state index in [2.05, 4.69) is 35.8 Å². The zero-order valence-corrected chi connectivity index (χ0v) is 12.2. The first-order valence-electron chi connectivity index (χ1n) is 7.17. The molecule has 1 aliphatic rings. The maximum atomic E-state index is 12.6. The molecule has 0 radical (unpaired) electrons. The van der Waals surface area contributed by atoms with Crippen molar-refractivity contribution in [1.29, 1.82) is 0 Å². The van der Waals surface area contributed by atoms with Crippen LogP contribution in [0.2, 0.25) is 0 Å². The van der Waals surface area contributed by atoms with Gasteiger partial charge in [0.15, 0.2) is 0 Å². The van der Waals surface area contributed by atoms with Gasteiger partial charge in [0.1, 0.15) is 0 Å². The summed E-state index contributed by atoms with van der Waals surface area (Å²) in [6.07, 6.45) is 2.94. The number of anilines is 1. The van der Waals surface area contributed by atoms with Gasteiger partial charge < -0.3 is 10.6 Å². The first kappa shape index (κ1) is 14.1. The number of hydrogen-bond acceptors (Lipinski definition) is 2. The van der Waals surface area contributed by atoms with E-state index in [1.165, 1.54) is 5.56 Å². The summed E-state index contributed by atoms with van der Waals surface area (Å²) in [5, 5.41) is 6.47. The van der Waals surface area contributed by atoms with Gasteiger partial charge in [-0.1, -0.05) is 25.5 Å². The molecule has 1 aromatic rings. The van der Waals surface area contributed by atoms with Crippen molar-refractivity contribution in [3.63, 3.8) is 0 Å². The van der Waals surface area contributed by atoms with Gasteiger partial charge in [0.25, 0.3) is 0 Å². The van der Waals surface area contributed by atoms with Crippen LogP contribution in [0.4, 0.5) is 5.69 Å². The van der Waals surface area contributed by atoms with Gasteiger partial charge in [0, 0.05) is 12.2 Å². The Morgan fingerprint density at radius 1 is 1.42 bits per heavy atom. The van der Waals surface area contributed by atoms with Crippen molar-refractivity contribution in [1.82, 2.24) is 5.32 Å². The Balaban J connectivity index is 2.17. The summed E-state index contributed by atoms with van der Waals surface area (Å²) in [6, 6.07) is 6.18. The van der Waals surface area contributed by atoms with Crippen LogP contribution in [-0.4, -0.2) is 19.0 Å². The van der Waals surface area contributed by atoms with E-state index in [4.69, 9.17) is 0 Å². The second-order valence-electron chi connectivity index (χ2n) is 5.73. The number of hydrogen-bond donors (Lipinski definition) is 2. The van der Waals surface area contributed by atoms with Crippen molar-refractivity contribution >= 4 is 11.6 Å². The van der Waals surface area contributed by atoms with Gasteiger partial charge in [-0.05, 0) is 50.4 Å². The van der Waals surface area contributed by atoms with Gasteiger partial charge in [-0.25, -0.2) is 0 Å². The molecule has 1 amide bonds. The molecule has 2 rings (SSSR count). The maximum absolute atomic E-state index is 12.6. The fourth-order valence-corrected chi connectivity index (χ4v) is 2.87. The summed E-state index contributed by atoms with van der Waals surface area (Å²) in [7, 11) is 0. The lowest BCUT2D eigenvalue weighted by Gasteiger charge is -2.27. The number of benzene rings is 1. The minimum atomic E-state index is -0.217. The highest BCUT2D eigenvalue weighted by atomic mass is 16.2. The van der Waals surface area contributed by atoms with E-state index in [1.807, 2.05) is 13.8 Å². The first-order chi connectivity index (χ1) is 9.07. The number of carbonyl (C=O) groups excluding carboxylic acids is 1. The van der Waals surface area contributed by atoms with E-state index in [9.17, 15) is 4.79 Å². The second-order valence-corrected chi connectivity index (χ2v) is 5.73. The summed E-state index contributed by atoms with van der Waals surface area (Å²) in [4.78, 5) is 12.6. The number of aryl methyl sites for hydroxylation is 2. The standard InChI is InChI=1S/C16H24N2O/c1-4-7-16(8-9-17-11-16)15(19)18-14-10-12(2)5-6-13(14)3/h5-6,10,17H,4,7-9,11H2,1-3H3,(H,18,19). The van der Waals surface area contributed by atoms with Gasteiger partial charge in [-0.15, -0.1) is 0 Å². The van der Waals surface area contributed by atoms with Crippen LogP contribution < -0.4 is 10.6 Å². The fraction of sp³-hybridized carbons (Fsp3) is 0.562. The fourth-order valence-electron chi connectivity index (χ4n) is 2.87. The second kappa shape index (κ2) is 5.74.